The van der Waals surface area contributed by atoms with E-state index in [2.05, 4.69) is 0 Å². The van der Waals surface area contributed by atoms with Crippen LogP contribution in [0.2, 0.25) is 0 Å². The molecule has 0 unspecified atom stereocenters. The van der Waals surface area contributed by atoms with Gasteiger partial charge < -0.3 is 5.73 Å². The summed E-state index contributed by atoms with van der Waals surface area (Å²) in [5, 5.41) is 0. The molecule has 0 heterocycles. The molecular weight excluding hydrogens is 289 g/mol. The molecule has 0 radical (unpaired) electrons. The molecule has 0 fully saturated rings. The van der Waals surface area contributed by atoms with Crippen molar-refractivity contribution in [2.24, 2.45) is 5.73 Å². The number of hydrogen-bond donors (Lipinski definition) is 1. The van der Waals surface area contributed by atoms with Crippen LogP contribution in [0.5, 0.6) is 0 Å². The second-order valence-corrected chi connectivity index (χ2v) is 4.96. The number of benzene rings is 2. The van der Waals surface area contributed by atoms with E-state index in [1.807, 2.05) is 0 Å². The SMILES string of the molecule is N[C@@H]1CCc2c(-c3c(F)c(F)c(F)c(F)c3F)cccc21. The van der Waals surface area contributed by atoms with Gasteiger partial charge in [0.2, 0.25) is 5.82 Å². The van der Waals surface area contributed by atoms with Gasteiger partial charge in [-0.15, -0.1) is 0 Å². The lowest BCUT2D eigenvalue weighted by atomic mass is 9.95. The zero-order valence-electron chi connectivity index (χ0n) is 10.7. The van der Waals surface area contributed by atoms with Crippen LogP contribution < -0.4 is 5.73 Å². The number of hydrogen-bond acceptors (Lipinski definition) is 1. The third-order valence-electron chi connectivity index (χ3n) is 3.80. The summed E-state index contributed by atoms with van der Waals surface area (Å²) in [6.07, 6.45) is 1.01. The summed E-state index contributed by atoms with van der Waals surface area (Å²) in [5.74, 6) is -9.67. The van der Waals surface area contributed by atoms with E-state index in [9.17, 15) is 22.0 Å². The van der Waals surface area contributed by atoms with Gasteiger partial charge in [0.25, 0.3) is 0 Å². The first-order valence-electron chi connectivity index (χ1n) is 6.32. The molecule has 0 spiro atoms. The lowest BCUT2D eigenvalue weighted by molar-refractivity contribution is 0.381. The van der Waals surface area contributed by atoms with E-state index in [0.717, 1.165) is 0 Å². The van der Waals surface area contributed by atoms with Crippen molar-refractivity contribution in [3.63, 3.8) is 0 Å². The Labute approximate surface area is 117 Å². The summed E-state index contributed by atoms with van der Waals surface area (Å²) in [7, 11) is 0. The van der Waals surface area contributed by atoms with Crippen molar-refractivity contribution < 1.29 is 22.0 Å². The van der Waals surface area contributed by atoms with E-state index in [1.165, 1.54) is 12.1 Å². The first-order chi connectivity index (χ1) is 9.93. The summed E-state index contributed by atoms with van der Waals surface area (Å²) < 4.78 is 67.6. The van der Waals surface area contributed by atoms with Crippen LogP contribution in [0.4, 0.5) is 22.0 Å². The molecule has 0 saturated heterocycles. The molecule has 2 aromatic carbocycles. The van der Waals surface area contributed by atoms with E-state index < -0.39 is 34.6 Å². The minimum absolute atomic E-state index is 0.00764. The predicted octanol–water partition coefficient (Wildman–Crippen LogP) is 4.00. The van der Waals surface area contributed by atoms with Crippen molar-refractivity contribution in [2.45, 2.75) is 18.9 Å². The Balaban J connectivity index is 2.33. The first kappa shape index (κ1) is 14.0. The van der Waals surface area contributed by atoms with E-state index in [1.54, 1.807) is 6.07 Å². The second kappa shape index (κ2) is 4.80. The summed E-state index contributed by atoms with van der Waals surface area (Å²) in [6.45, 7) is 0. The summed E-state index contributed by atoms with van der Waals surface area (Å²) in [6, 6.07) is 4.25. The second-order valence-electron chi connectivity index (χ2n) is 4.96. The van der Waals surface area contributed by atoms with Crippen LogP contribution >= 0.6 is 0 Å². The highest BCUT2D eigenvalue weighted by Gasteiger charge is 2.30. The highest BCUT2D eigenvalue weighted by molar-refractivity contribution is 5.71. The van der Waals surface area contributed by atoms with Crippen LogP contribution in [0.3, 0.4) is 0 Å². The first-order valence-corrected chi connectivity index (χ1v) is 6.32. The van der Waals surface area contributed by atoms with Crippen LogP contribution in [0, 0.1) is 29.1 Å². The van der Waals surface area contributed by atoms with Crippen molar-refractivity contribution >= 4 is 0 Å². The molecule has 1 nitrogen and oxygen atoms in total. The molecule has 110 valence electrons. The average Bonchev–Trinajstić information content (AvgIpc) is 2.86. The standard InChI is InChI=1S/C15H10F5N/c16-11-10(12(17)14(19)15(20)13(11)18)8-3-1-2-7-6(8)4-5-9(7)21/h1-3,9H,4-5,21H2/t9-/m1/s1. The smallest absolute Gasteiger partial charge is 0.200 e. The van der Waals surface area contributed by atoms with E-state index in [4.69, 9.17) is 5.73 Å². The van der Waals surface area contributed by atoms with Crippen molar-refractivity contribution in [1.82, 2.24) is 0 Å². The zero-order chi connectivity index (χ0) is 15.3. The van der Waals surface area contributed by atoms with E-state index >= 15 is 0 Å². The van der Waals surface area contributed by atoms with Gasteiger partial charge in [-0.2, -0.15) is 0 Å². The van der Waals surface area contributed by atoms with Gasteiger partial charge in [-0.25, -0.2) is 22.0 Å². The lowest BCUT2D eigenvalue weighted by Gasteiger charge is -2.13. The highest BCUT2D eigenvalue weighted by atomic mass is 19.2. The molecule has 0 aromatic heterocycles. The average molecular weight is 299 g/mol. The molecule has 2 aromatic rings. The Morgan fingerprint density at radius 1 is 0.857 bits per heavy atom. The molecule has 3 rings (SSSR count). The highest BCUT2D eigenvalue weighted by Crippen LogP contribution is 2.39. The van der Waals surface area contributed by atoms with Gasteiger partial charge >= 0.3 is 0 Å². The van der Waals surface area contributed by atoms with Crippen molar-refractivity contribution in [3.8, 4) is 11.1 Å². The van der Waals surface area contributed by atoms with Crippen LogP contribution in [0.25, 0.3) is 11.1 Å². The van der Waals surface area contributed by atoms with Crippen LogP contribution in [0.1, 0.15) is 23.6 Å². The predicted molar refractivity (Wildman–Crippen MR) is 66.9 cm³/mol. The Bertz CT molecular complexity index is 712. The fourth-order valence-electron chi connectivity index (χ4n) is 2.76. The van der Waals surface area contributed by atoms with Crippen LogP contribution in [0.15, 0.2) is 18.2 Å². The minimum Gasteiger partial charge on any atom is -0.324 e. The zero-order valence-corrected chi connectivity index (χ0v) is 10.7. The van der Waals surface area contributed by atoms with Crippen molar-refractivity contribution in [2.75, 3.05) is 0 Å². The molecule has 0 amide bonds. The number of fused-ring (bicyclic) bond motifs is 1. The lowest BCUT2D eigenvalue weighted by Crippen LogP contribution is -2.07. The van der Waals surface area contributed by atoms with Crippen LogP contribution in [-0.2, 0) is 6.42 Å². The van der Waals surface area contributed by atoms with Gasteiger partial charge in [0.05, 0.1) is 5.56 Å². The Morgan fingerprint density at radius 2 is 1.43 bits per heavy atom. The Kier molecular flexibility index (Phi) is 3.20. The molecule has 21 heavy (non-hydrogen) atoms. The molecule has 0 bridgehead atoms. The summed E-state index contributed by atoms with van der Waals surface area (Å²) >= 11 is 0. The maximum Gasteiger partial charge on any atom is 0.200 e. The number of rotatable bonds is 1. The molecule has 0 aliphatic heterocycles. The third kappa shape index (κ3) is 1.93. The molecule has 6 heteroatoms. The molecule has 0 saturated carbocycles. The van der Waals surface area contributed by atoms with E-state index in [0.29, 0.717) is 24.0 Å². The normalized spacial score (nSPS) is 17.1. The van der Waals surface area contributed by atoms with Gasteiger partial charge in [-0.1, -0.05) is 18.2 Å². The summed E-state index contributed by atoms with van der Waals surface area (Å²) in [5.41, 5.74) is 6.19. The fraction of sp³-hybridized carbons (Fsp3) is 0.200. The van der Waals surface area contributed by atoms with Gasteiger partial charge in [-0.05, 0) is 29.5 Å². The minimum atomic E-state index is -2.15. The Hall–Kier alpha value is -1.95. The van der Waals surface area contributed by atoms with E-state index in [-0.39, 0.29) is 11.6 Å². The monoisotopic (exact) mass is 299 g/mol. The Morgan fingerprint density at radius 3 is 2.05 bits per heavy atom. The topological polar surface area (TPSA) is 26.0 Å². The molecule has 1 aliphatic rings. The molecule has 1 atom stereocenters. The molecular formula is C15H10F5N. The maximum absolute atomic E-state index is 13.9. The van der Waals surface area contributed by atoms with Gasteiger partial charge in [0.15, 0.2) is 23.3 Å². The number of halogens is 5. The quantitative estimate of drug-likeness (QED) is 0.481. The third-order valence-corrected chi connectivity index (χ3v) is 3.80. The van der Waals surface area contributed by atoms with Crippen molar-refractivity contribution in [1.29, 1.82) is 0 Å². The number of nitrogens with two attached hydrogens (primary N) is 1. The van der Waals surface area contributed by atoms with Gasteiger partial charge in [-0.3, -0.25) is 0 Å². The van der Waals surface area contributed by atoms with Crippen LogP contribution in [-0.4, -0.2) is 0 Å². The van der Waals surface area contributed by atoms with Gasteiger partial charge in [0, 0.05) is 6.04 Å². The van der Waals surface area contributed by atoms with Gasteiger partial charge in [0.1, 0.15) is 0 Å². The maximum atomic E-state index is 13.9. The molecule has 2 N–H and O–H groups in total. The largest absolute Gasteiger partial charge is 0.324 e. The summed E-state index contributed by atoms with van der Waals surface area (Å²) in [4.78, 5) is 0. The van der Waals surface area contributed by atoms with Crippen molar-refractivity contribution in [3.05, 3.63) is 58.4 Å². The molecule has 1 aliphatic carbocycles. The fourth-order valence-corrected chi connectivity index (χ4v) is 2.76.